The van der Waals surface area contributed by atoms with E-state index in [2.05, 4.69) is 54.5 Å². The molecule has 3 heterocycles. The van der Waals surface area contributed by atoms with E-state index in [-0.39, 0.29) is 6.09 Å². The minimum Gasteiger partial charge on any atom is -0.444 e. The Bertz CT molecular complexity index is 823. The van der Waals surface area contributed by atoms with Crippen molar-refractivity contribution >= 4 is 11.8 Å². The van der Waals surface area contributed by atoms with Crippen molar-refractivity contribution in [2.24, 2.45) is 0 Å². The Hall–Kier alpha value is -2.50. The molecular formula is C22H32N4O2. The summed E-state index contributed by atoms with van der Waals surface area (Å²) in [5.74, 6) is 0.966. The lowest BCUT2D eigenvalue weighted by atomic mass is 10.2. The van der Waals surface area contributed by atoms with Gasteiger partial charge in [-0.15, -0.1) is 0 Å². The second-order valence-electron chi connectivity index (χ2n) is 8.39. The van der Waals surface area contributed by atoms with Gasteiger partial charge < -0.3 is 19.1 Å². The van der Waals surface area contributed by atoms with Gasteiger partial charge in [0.15, 0.2) is 0 Å². The lowest BCUT2D eigenvalue weighted by Gasteiger charge is -2.37. The molecule has 1 aliphatic heterocycles. The number of amides is 1. The maximum Gasteiger partial charge on any atom is 0.410 e. The van der Waals surface area contributed by atoms with Crippen LogP contribution in [0.4, 0.5) is 10.5 Å². The Balaban J connectivity index is 1.74. The molecule has 1 saturated heterocycles. The minimum absolute atomic E-state index is 0.227. The van der Waals surface area contributed by atoms with E-state index in [1.807, 2.05) is 20.8 Å². The molecule has 1 aliphatic rings. The molecule has 0 N–H and O–H groups in total. The standard InChI is InChI=1S/C22H32N4O2/c1-7-18-19(10-11-20(23-18)26-16(2)8-9-17(26)3)24-12-14-25(15-13-24)21(27)28-22(4,5)6/h8-11H,7,12-15H2,1-6H3. The van der Waals surface area contributed by atoms with Gasteiger partial charge in [-0.05, 0) is 65.3 Å². The fourth-order valence-electron chi connectivity index (χ4n) is 3.64. The number of carbonyl (C=O) groups is 1. The van der Waals surface area contributed by atoms with Crippen LogP contribution in [0.3, 0.4) is 0 Å². The Kier molecular flexibility index (Phi) is 5.68. The average molecular weight is 385 g/mol. The molecule has 3 rings (SSSR count). The first-order valence-corrected chi connectivity index (χ1v) is 10.1. The Morgan fingerprint density at radius 2 is 1.64 bits per heavy atom. The van der Waals surface area contributed by atoms with Gasteiger partial charge in [-0.1, -0.05) is 6.92 Å². The van der Waals surface area contributed by atoms with Gasteiger partial charge in [0.05, 0.1) is 11.4 Å². The third-order valence-corrected chi connectivity index (χ3v) is 5.04. The maximum atomic E-state index is 12.3. The van der Waals surface area contributed by atoms with Gasteiger partial charge in [0.2, 0.25) is 0 Å². The largest absolute Gasteiger partial charge is 0.444 e. The monoisotopic (exact) mass is 384 g/mol. The van der Waals surface area contributed by atoms with E-state index in [1.165, 1.54) is 11.4 Å². The number of hydrogen-bond donors (Lipinski definition) is 0. The van der Waals surface area contributed by atoms with Gasteiger partial charge in [0.1, 0.15) is 11.4 Å². The van der Waals surface area contributed by atoms with Crippen molar-refractivity contribution in [2.45, 2.75) is 53.6 Å². The molecule has 2 aromatic heterocycles. The van der Waals surface area contributed by atoms with Gasteiger partial charge in [-0.3, -0.25) is 0 Å². The number of nitrogens with zero attached hydrogens (tertiary/aromatic N) is 4. The van der Waals surface area contributed by atoms with E-state index >= 15 is 0 Å². The number of rotatable bonds is 3. The number of ether oxygens (including phenoxy) is 1. The fraction of sp³-hybridized carbons (Fsp3) is 0.545. The van der Waals surface area contributed by atoms with Crippen LogP contribution in [0.5, 0.6) is 0 Å². The second kappa shape index (κ2) is 7.86. The number of anilines is 1. The van der Waals surface area contributed by atoms with E-state index in [4.69, 9.17) is 9.72 Å². The van der Waals surface area contributed by atoms with Crippen LogP contribution >= 0.6 is 0 Å². The number of aryl methyl sites for hydroxylation is 3. The Labute approximate surface area is 168 Å². The quantitative estimate of drug-likeness (QED) is 0.799. The van der Waals surface area contributed by atoms with Crippen LogP contribution in [0.15, 0.2) is 24.3 Å². The third kappa shape index (κ3) is 4.32. The first kappa shape index (κ1) is 20.2. The summed E-state index contributed by atoms with van der Waals surface area (Å²) >= 11 is 0. The van der Waals surface area contributed by atoms with Crippen molar-refractivity contribution in [1.29, 1.82) is 0 Å². The normalized spacial score (nSPS) is 15.1. The second-order valence-corrected chi connectivity index (χ2v) is 8.39. The molecule has 0 aromatic carbocycles. The topological polar surface area (TPSA) is 50.6 Å². The summed E-state index contributed by atoms with van der Waals surface area (Å²) in [5, 5.41) is 0. The van der Waals surface area contributed by atoms with Crippen LogP contribution in [0, 0.1) is 13.8 Å². The first-order valence-electron chi connectivity index (χ1n) is 10.1. The van der Waals surface area contributed by atoms with Crippen LogP contribution in [0.2, 0.25) is 0 Å². The van der Waals surface area contributed by atoms with Crippen LogP contribution in [0.1, 0.15) is 44.8 Å². The predicted molar refractivity (Wildman–Crippen MR) is 112 cm³/mol. The van der Waals surface area contributed by atoms with Crippen molar-refractivity contribution < 1.29 is 9.53 Å². The van der Waals surface area contributed by atoms with E-state index in [0.717, 1.165) is 36.7 Å². The third-order valence-electron chi connectivity index (χ3n) is 5.04. The van der Waals surface area contributed by atoms with Crippen molar-refractivity contribution in [3.63, 3.8) is 0 Å². The van der Waals surface area contributed by atoms with Gasteiger partial charge in [-0.2, -0.15) is 0 Å². The number of carbonyl (C=O) groups excluding carboxylic acids is 1. The number of piperazine rings is 1. The van der Waals surface area contributed by atoms with Crippen LogP contribution in [-0.2, 0) is 11.2 Å². The SMILES string of the molecule is CCc1nc(-n2c(C)ccc2C)ccc1N1CCN(C(=O)OC(C)(C)C)CC1. The highest BCUT2D eigenvalue weighted by Gasteiger charge is 2.26. The summed E-state index contributed by atoms with van der Waals surface area (Å²) in [4.78, 5) is 21.4. The van der Waals surface area contributed by atoms with Gasteiger partial charge in [0, 0.05) is 37.6 Å². The van der Waals surface area contributed by atoms with E-state index in [1.54, 1.807) is 4.90 Å². The molecule has 1 fully saturated rings. The zero-order chi connectivity index (χ0) is 20.5. The molecule has 0 bridgehead atoms. The predicted octanol–water partition coefficient (Wildman–Crippen LogP) is 4.11. The molecule has 0 spiro atoms. The zero-order valence-corrected chi connectivity index (χ0v) is 18.0. The molecule has 28 heavy (non-hydrogen) atoms. The molecule has 0 radical (unpaired) electrons. The molecule has 1 amide bonds. The Morgan fingerprint density at radius 1 is 1.04 bits per heavy atom. The highest BCUT2D eigenvalue weighted by Crippen LogP contribution is 2.25. The lowest BCUT2D eigenvalue weighted by Crippen LogP contribution is -2.50. The van der Waals surface area contributed by atoms with E-state index in [9.17, 15) is 4.79 Å². The molecule has 0 saturated carbocycles. The van der Waals surface area contributed by atoms with E-state index < -0.39 is 5.60 Å². The van der Waals surface area contributed by atoms with Crippen LogP contribution in [0.25, 0.3) is 5.82 Å². The molecule has 0 aliphatic carbocycles. The smallest absolute Gasteiger partial charge is 0.410 e. The van der Waals surface area contributed by atoms with Gasteiger partial charge in [0.25, 0.3) is 0 Å². The molecule has 0 atom stereocenters. The molecule has 2 aromatic rings. The molecule has 6 heteroatoms. The van der Waals surface area contributed by atoms with Crippen molar-refractivity contribution in [3.05, 3.63) is 41.3 Å². The fourth-order valence-corrected chi connectivity index (χ4v) is 3.64. The van der Waals surface area contributed by atoms with Gasteiger partial charge >= 0.3 is 6.09 Å². The average Bonchev–Trinajstić information content (AvgIpc) is 2.98. The zero-order valence-electron chi connectivity index (χ0n) is 18.0. The molecule has 6 nitrogen and oxygen atoms in total. The maximum absolute atomic E-state index is 12.3. The summed E-state index contributed by atoms with van der Waals surface area (Å²) in [6.07, 6.45) is 0.643. The van der Waals surface area contributed by atoms with Crippen molar-refractivity contribution in [2.75, 3.05) is 31.1 Å². The van der Waals surface area contributed by atoms with Crippen LogP contribution in [-0.4, -0.2) is 52.3 Å². The summed E-state index contributed by atoms with van der Waals surface area (Å²) in [7, 11) is 0. The minimum atomic E-state index is -0.460. The summed E-state index contributed by atoms with van der Waals surface area (Å²) < 4.78 is 7.68. The number of pyridine rings is 1. The first-order chi connectivity index (χ1) is 13.2. The van der Waals surface area contributed by atoms with Crippen LogP contribution < -0.4 is 4.90 Å². The lowest BCUT2D eigenvalue weighted by molar-refractivity contribution is 0.0240. The summed E-state index contributed by atoms with van der Waals surface area (Å²) in [6.45, 7) is 14.9. The van der Waals surface area contributed by atoms with Gasteiger partial charge in [-0.25, -0.2) is 9.78 Å². The number of aromatic nitrogens is 2. The summed E-state index contributed by atoms with van der Waals surface area (Å²) in [6, 6.07) is 8.50. The Morgan fingerprint density at radius 3 is 2.18 bits per heavy atom. The summed E-state index contributed by atoms with van der Waals surface area (Å²) in [5.41, 5.74) is 4.17. The van der Waals surface area contributed by atoms with Crippen molar-refractivity contribution in [1.82, 2.24) is 14.5 Å². The highest BCUT2D eigenvalue weighted by atomic mass is 16.6. The molecule has 152 valence electrons. The van der Waals surface area contributed by atoms with Crippen molar-refractivity contribution in [3.8, 4) is 5.82 Å². The van der Waals surface area contributed by atoms with E-state index in [0.29, 0.717) is 13.1 Å². The molecular weight excluding hydrogens is 352 g/mol. The number of hydrogen-bond acceptors (Lipinski definition) is 4. The molecule has 0 unspecified atom stereocenters. The highest BCUT2D eigenvalue weighted by molar-refractivity contribution is 5.68.